The molecule has 2 aromatic carbocycles. The van der Waals surface area contributed by atoms with Crippen molar-refractivity contribution in [2.24, 2.45) is 0 Å². The predicted molar refractivity (Wildman–Crippen MR) is 135 cm³/mol. The van der Waals surface area contributed by atoms with Crippen LogP contribution in [0.1, 0.15) is 22.3 Å². The van der Waals surface area contributed by atoms with Gasteiger partial charge in [0, 0.05) is 32.4 Å². The van der Waals surface area contributed by atoms with Crippen molar-refractivity contribution in [3.05, 3.63) is 94.8 Å². The first-order valence-electron chi connectivity index (χ1n) is 11.6. The first-order chi connectivity index (χ1) is 16.4. The molecule has 1 aromatic heterocycles. The molecule has 5 rings (SSSR count). The molecule has 2 aliphatic rings. The van der Waals surface area contributed by atoms with Crippen LogP contribution < -0.4 is 9.80 Å². The van der Waals surface area contributed by atoms with Gasteiger partial charge >= 0.3 is 0 Å². The third kappa shape index (κ3) is 3.85. The molecule has 0 aliphatic carbocycles. The second kappa shape index (κ2) is 8.78. The first-order valence-corrected chi connectivity index (χ1v) is 11.6. The minimum Gasteiger partial charge on any atom is -0.363 e. The molecule has 172 valence electrons. The lowest BCUT2D eigenvalue weighted by Gasteiger charge is -2.37. The summed E-state index contributed by atoms with van der Waals surface area (Å²) in [5.74, 6) is 0.419. The van der Waals surface area contributed by atoms with Crippen LogP contribution in [0, 0.1) is 20.8 Å². The second-order valence-corrected chi connectivity index (χ2v) is 8.99. The minimum atomic E-state index is -0.260. The Bertz CT molecular complexity index is 1290. The molecule has 0 spiro atoms. The van der Waals surface area contributed by atoms with E-state index in [9.17, 15) is 9.59 Å². The molecule has 6 heteroatoms. The van der Waals surface area contributed by atoms with E-state index in [1.165, 1.54) is 4.90 Å². The van der Waals surface area contributed by atoms with Gasteiger partial charge in [-0.2, -0.15) is 0 Å². The summed E-state index contributed by atoms with van der Waals surface area (Å²) in [5, 5.41) is 0. The van der Waals surface area contributed by atoms with E-state index in [4.69, 9.17) is 0 Å². The fraction of sp³-hybridized carbons (Fsp3) is 0.250. The fourth-order valence-corrected chi connectivity index (χ4v) is 4.85. The van der Waals surface area contributed by atoms with E-state index in [0.29, 0.717) is 30.0 Å². The number of amides is 2. The summed E-state index contributed by atoms with van der Waals surface area (Å²) in [4.78, 5) is 37.7. The Hall–Kier alpha value is -3.93. The molecule has 0 atom stereocenters. The lowest BCUT2D eigenvalue weighted by Crippen LogP contribution is -2.48. The number of carbonyl (C=O) groups is 2. The van der Waals surface area contributed by atoms with Crippen molar-refractivity contribution in [3.63, 3.8) is 0 Å². The maximum Gasteiger partial charge on any atom is 0.282 e. The first kappa shape index (κ1) is 21.9. The van der Waals surface area contributed by atoms with Crippen molar-refractivity contribution < 1.29 is 9.59 Å². The van der Waals surface area contributed by atoms with Gasteiger partial charge < -0.3 is 9.80 Å². The van der Waals surface area contributed by atoms with Gasteiger partial charge in [0.25, 0.3) is 11.8 Å². The van der Waals surface area contributed by atoms with Crippen LogP contribution in [-0.4, -0.2) is 47.9 Å². The van der Waals surface area contributed by atoms with Gasteiger partial charge in [0.2, 0.25) is 0 Å². The third-order valence-corrected chi connectivity index (χ3v) is 6.54. The van der Waals surface area contributed by atoms with Crippen molar-refractivity contribution in [1.82, 2.24) is 9.88 Å². The van der Waals surface area contributed by atoms with Crippen molar-refractivity contribution >= 4 is 28.9 Å². The van der Waals surface area contributed by atoms with E-state index in [1.54, 1.807) is 6.20 Å². The smallest absolute Gasteiger partial charge is 0.282 e. The summed E-state index contributed by atoms with van der Waals surface area (Å²) in [6, 6.07) is 19.5. The van der Waals surface area contributed by atoms with Gasteiger partial charge in [-0.05, 0) is 61.7 Å². The molecule has 34 heavy (non-hydrogen) atoms. The number of aryl methyl sites for hydroxylation is 3. The zero-order valence-corrected chi connectivity index (χ0v) is 19.8. The molecular weight excluding hydrogens is 424 g/mol. The van der Waals surface area contributed by atoms with E-state index in [-0.39, 0.29) is 11.8 Å². The number of carbonyl (C=O) groups excluding carboxylic acids is 2. The Morgan fingerprint density at radius 2 is 1.47 bits per heavy atom. The summed E-state index contributed by atoms with van der Waals surface area (Å²) in [6.07, 6.45) is 1.79. The second-order valence-electron chi connectivity index (χ2n) is 8.99. The molecule has 6 nitrogen and oxygen atoms in total. The van der Waals surface area contributed by atoms with E-state index in [1.807, 2.05) is 75.4 Å². The van der Waals surface area contributed by atoms with Gasteiger partial charge in [-0.15, -0.1) is 0 Å². The Morgan fingerprint density at radius 3 is 2.15 bits per heavy atom. The Morgan fingerprint density at radius 1 is 0.735 bits per heavy atom. The topological polar surface area (TPSA) is 56.8 Å². The zero-order chi connectivity index (χ0) is 23.8. The highest BCUT2D eigenvalue weighted by molar-refractivity contribution is 6.45. The van der Waals surface area contributed by atoms with Gasteiger partial charge in [-0.1, -0.05) is 42.0 Å². The molecule has 1 fully saturated rings. The van der Waals surface area contributed by atoms with Gasteiger partial charge in [0.1, 0.15) is 11.5 Å². The van der Waals surface area contributed by atoms with Crippen LogP contribution in [0.4, 0.5) is 11.5 Å². The third-order valence-electron chi connectivity index (χ3n) is 6.54. The number of benzene rings is 2. The molecule has 0 saturated carbocycles. The van der Waals surface area contributed by atoms with Crippen LogP contribution in [0.15, 0.2) is 72.6 Å². The summed E-state index contributed by atoms with van der Waals surface area (Å²) in [7, 11) is 0. The van der Waals surface area contributed by atoms with Crippen molar-refractivity contribution in [3.8, 4) is 0 Å². The summed E-state index contributed by atoms with van der Waals surface area (Å²) < 4.78 is 0. The molecular formula is C28H28N4O2. The van der Waals surface area contributed by atoms with Crippen molar-refractivity contribution in [2.75, 3.05) is 36.0 Å². The van der Waals surface area contributed by atoms with Gasteiger partial charge in [-0.25, -0.2) is 9.88 Å². The van der Waals surface area contributed by atoms with E-state index in [0.717, 1.165) is 41.2 Å². The van der Waals surface area contributed by atoms with Gasteiger partial charge in [0.15, 0.2) is 0 Å². The summed E-state index contributed by atoms with van der Waals surface area (Å²) >= 11 is 0. The number of hydrogen-bond donors (Lipinski definition) is 0. The monoisotopic (exact) mass is 452 g/mol. The molecule has 1 saturated heterocycles. The average Bonchev–Trinajstić information content (AvgIpc) is 3.09. The summed E-state index contributed by atoms with van der Waals surface area (Å²) in [5.41, 5.74) is 5.55. The molecule has 0 unspecified atom stereocenters. The van der Waals surface area contributed by atoms with Crippen molar-refractivity contribution in [2.45, 2.75) is 20.8 Å². The van der Waals surface area contributed by atoms with Crippen LogP contribution in [0.3, 0.4) is 0 Å². The number of imide groups is 1. The van der Waals surface area contributed by atoms with Gasteiger partial charge in [0.05, 0.1) is 11.3 Å². The Labute approximate surface area is 200 Å². The number of rotatable bonds is 4. The van der Waals surface area contributed by atoms with Crippen LogP contribution in [0.25, 0.3) is 5.57 Å². The van der Waals surface area contributed by atoms with Crippen LogP contribution in [0.5, 0.6) is 0 Å². The highest BCUT2D eigenvalue weighted by Crippen LogP contribution is 2.37. The number of aromatic nitrogens is 1. The van der Waals surface area contributed by atoms with Gasteiger partial charge in [-0.3, -0.25) is 9.59 Å². The maximum absolute atomic E-state index is 13.8. The quantitative estimate of drug-likeness (QED) is 0.558. The fourth-order valence-electron chi connectivity index (χ4n) is 4.85. The van der Waals surface area contributed by atoms with E-state index in [2.05, 4.69) is 20.9 Å². The Balaban J connectivity index is 1.54. The van der Waals surface area contributed by atoms with Crippen LogP contribution in [-0.2, 0) is 9.59 Å². The number of hydrogen-bond acceptors (Lipinski definition) is 5. The normalized spacial score (nSPS) is 16.6. The highest BCUT2D eigenvalue weighted by atomic mass is 16.2. The molecule has 0 radical (unpaired) electrons. The maximum atomic E-state index is 13.8. The van der Waals surface area contributed by atoms with Crippen LogP contribution in [0.2, 0.25) is 0 Å². The number of piperazine rings is 1. The van der Waals surface area contributed by atoms with Crippen LogP contribution >= 0.6 is 0 Å². The minimum absolute atomic E-state index is 0.253. The summed E-state index contributed by atoms with van der Waals surface area (Å²) in [6.45, 7) is 8.73. The molecule has 2 aliphatic heterocycles. The highest BCUT2D eigenvalue weighted by Gasteiger charge is 2.43. The predicted octanol–water partition coefficient (Wildman–Crippen LogP) is 4.11. The zero-order valence-electron chi connectivity index (χ0n) is 19.8. The molecule has 2 amide bonds. The van der Waals surface area contributed by atoms with E-state index >= 15 is 0 Å². The molecule has 3 aromatic rings. The molecule has 0 N–H and O–H groups in total. The molecule has 0 bridgehead atoms. The molecule has 3 heterocycles. The van der Waals surface area contributed by atoms with E-state index < -0.39 is 0 Å². The standard InChI is InChI=1S/C28H28N4O2/c1-19-7-6-8-22(18-19)32-27(33)25(23-11-10-20(2)17-21(23)3)26(28(32)34)31-15-13-30(14-16-31)24-9-4-5-12-29-24/h4-12,17-18H,13-16H2,1-3H3. The van der Waals surface area contributed by atoms with Crippen molar-refractivity contribution in [1.29, 1.82) is 0 Å². The lowest BCUT2D eigenvalue weighted by molar-refractivity contribution is -0.120. The average molecular weight is 453 g/mol. The SMILES string of the molecule is Cc1cccc(N2C(=O)C(c3ccc(C)cc3C)=C(N3CCN(c4ccccn4)CC3)C2=O)c1. The number of anilines is 2. The largest absolute Gasteiger partial charge is 0.363 e. The number of pyridine rings is 1. The number of nitrogens with zero attached hydrogens (tertiary/aromatic N) is 4. The lowest BCUT2D eigenvalue weighted by atomic mass is 9.97. The Kier molecular flexibility index (Phi) is 5.65.